The molecular formula is C42H57N5O9. The van der Waals surface area contributed by atoms with Crippen molar-refractivity contribution in [1.29, 1.82) is 0 Å². The van der Waals surface area contributed by atoms with Crippen molar-refractivity contribution in [2.24, 2.45) is 17.6 Å². The number of nitrogens with one attached hydrogen (secondary N) is 2. The number of aliphatic hydroxyl groups excluding tert-OH is 1. The Bertz CT molecular complexity index is 1770. The lowest BCUT2D eigenvalue weighted by molar-refractivity contribution is -0.120. The fraction of sp³-hybridized carbons (Fsp3) is 0.500. The number of methoxy groups -OCH3 is 2. The number of likely N-dealkylation sites (N-methyl/N-ethyl adjacent to an activating group) is 1. The number of Topliss-reactive ketones (excluding diaryl/α,β-unsaturated/α-hetero) is 1. The van der Waals surface area contributed by atoms with Gasteiger partial charge in [-0.1, -0.05) is 57.2 Å². The molecular weight excluding hydrogens is 718 g/mol. The maximum absolute atomic E-state index is 14.1. The average Bonchev–Trinajstić information content (AvgIpc) is 3.17. The molecule has 3 aliphatic rings. The van der Waals surface area contributed by atoms with Crippen LogP contribution in [0.2, 0.25) is 0 Å². The minimum Gasteiger partial charge on any atom is -0.439 e. The van der Waals surface area contributed by atoms with Gasteiger partial charge in [0, 0.05) is 75.6 Å². The molecule has 4 rings (SSSR count). The predicted molar refractivity (Wildman–Crippen MR) is 211 cm³/mol. The van der Waals surface area contributed by atoms with Crippen molar-refractivity contribution in [3.05, 3.63) is 93.9 Å². The second-order valence-electron chi connectivity index (χ2n) is 14.8. The molecule has 56 heavy (non-hydrogen) atoms. The number of piperazine rings is 1. The van der Waals surface area contributed by atoms with E-state index in [1.807, 2.05) is 19.1 Å². The monoisotopic (exact) mass is 775 g/mol. The summed E-state index contributed by atoms with van der Waals surface area (Å²) in [6, 6.07) is 7.18. The highest BCUT2D eigenvalue weighted by atomic mass is 16.6. The average molecular weight is 776 g/mol. The molecule has 1 aromatic rings. The third-order valence-corrected chi connectivity index (χ3v) is 10.6. The van der Waals surface area contributed by atoms with Crippen molar-refractivity contribution >= 4 is 29.5 Å². The Balaban J connectivity index is 1.64. The quantitative estimate of drug-likeness (QED) is 0.224. The highest BCUT2D eigenvalue weighted by Crippen LogP contribution is 2.29. The fourth-order valence-electron chi connectivity index (χ4n) is 7.19. The summed E-state index contributed by atoms with van der Waals surface area (Å²) in [7, 11) is 2.89. The van der Waals surface area contributed by atoms with Crippen molar-refractivity contribution in [2.45, 2.75) is 78.4 Å². The molecule has 1 aromatic carbocycles. The van der Waals surface area contributed by atoms with Crippen LogP contribution < -0.4 is 16.4 Å². The number of carbonyl (C=O) groups excluding carboxylic acids is 5. The van der Waals surface area contributed by atoms with Crippen molar-refractivity contribution in [3.8, 4) is 0 Å². The topological polar surface area (TPSA) is 190 Å². The zero-order valence-corrected chi connectivity index (χ0v) is 33.5. The van der Waals surface area contributed by atoms with E-state index in [1.165, 1.54) is 33.3 Å². The summed E-state index contributed by atoms with van der Waals surface area (Å²) in [5.74, 6) is -3.31. The van der Waals surface area contributed by atoms with Crippen LogP contribution in [0.15, 0.2) is 82.8 Å². The van der Waals surface area contributed by atoms with Crippen molar-refractivity contribution < 1.29 is 43.3 Å². The molecule has 0 unspecified atom stereocenters. The summed E-state index contributed by atoms with van der Waals surface area (Å²) in [6.45, 7) is 14.8. The van der Waals surface area contributed by atoms with Crippen LogP contribution in [0.1, 0.15) is 63.4 Å². The number of benzene rings is 1. The van der Waals surface area contributed by atoms with Crippen LogP contribution in [-0.2, 0) is 35.1 Å². The molecule has 14 nitrogen and oxygen atoms in total. The molecule has 2 bridgehead atoms. The number of amides is 3. The molecule has 5 N–H and O–H groups in total. The number of primary amides is 1. The maximum atomic E-state index is 14.1. The Morgan fingerprint density at radius 2 is 1.66 bits per heavy atom. The van der Waals surface area contributed by atoms with Crippen LogP contribution in [0, 0.1) is 11.8 Å². The van der Waals surface area contributed by atoms with E-state index < -0.39 is 59.8 Å². The lowest BCUT2D eigenvalue weighted by atomic mass is 9.85. The third-order valence-electron chi connectivity index (χ3n) is 10.6. The van der Waals surface area contributed by atoms with Gasteiger partial charge < -0.3 is 40.6 Å². The first-order chi connectivity index (χ1) is 26.6. The Morgan fingerprint density at radius 3 is 2.27 bits per heavy atom. The maximum Gasteiger partial charge on any atom is 0.405 e. The van der Waals surface area contributed by atoms with Crippen LogP contribution in [0.4, 0.5) is 4.79 Å². The molecule has 2 heterocycles. The number of rotatable bonds is 8. The van der Waals surface area contributed by atoms with Gasteiger partial charge in [0.1, 0.15) is 6.10 Å². The molecule has 2 aliphatic heterocycles. The minimum absolute atomic E-state index is 0.0229. The van der Waals surface area contributed by atoms with Gasteiger partial charge >= 0.3 is 6.09 Å². The largest absolute Gasteiger partial charge is 0.439 e. The number of allylic oxidation sites excluding steroid dienone is 4. The molecule has 1 aliphatic carbocycles. The van der Waals surface area contributed by atoms with E-state index in [0.717, 1.165) is 50.9 Å². The summed E-state index contributed by atoms with van der Waals surface area (Å²) < 4.78 is 16.7. The van der Waals surface area contributed by atoms with Crippen LogP contribution in [0.25, 0.3) is 0 Å². The Hall–Kier alpha value is -4.73. The van der Waals surface area contributed by atoms with Crippen molar-refractivity contribution in [2.75, 3.05) is 46.9 Å². The molecule has 0 radical (unpaired) electrons. The van der Waals surface area contributed by atoms with E-state index >= 15 is 0 Å². The summed E-state index contributed by atoms with van der Waals surface area (Å²) in [6.07, 6.45) is 3.07. The normalized spacial score (nSPS) is 29.0. The van der Waals surface area contributed by atoms with E-state index in [-0.39, 0.29) is 41.3 Å². The van der Waals surface area contributed by atoms with Crippen LogP contribution in [0.3, 0.4) is 0 Å². The first-order valence-electron chi connectivity index (χ1n) is 19.1. The number of nitrogens with two attached hydrogens (primary N) is 1. The molecule has 0 aromatic heterocycles. The standard InChI is InChI=1S/C42H57N5O9/c1-8-46-16-18-47(19-17-46)24-29-12-14-30(15-13-29)41(52)45-36-31-20-25(2)21-35(55-7)37(49)27(4)22-28(5)39(56-42(43)53)34(54-6)11-9-10-26(3)40(51)44-32(38(31)50)23-33(36)48/h9-15,22-23,25,27,34-35,37,39,49H,8,16-21,24H2,1-7H3,(H2,43,53)(H,44,51)(H,45,52)/b11-9-,26-10+,28-22+/t25-,27+,34+,35+,37-,39+/m1/s1. The van der Waals surface area contributed by atoms with Crippen molar-refractivity contribution in [3.63, 3.8) is 0 Å². The lowest BCUT2D eigenvalue weighted by Crippen LogP contribution is -2.45. The number of ketones is 2. The van der Waals surface area contributed by atoms with Gasteiger partial charge in [0.25, 0.3) is 11.8 Å². The Kier molecular flexibility index (Phi) is 16.1. The fourth-order valence-corrected chi connectivity index (χ4v) is 7.19. The van der Waals surface area contributed by atoms with E-state index in [1.54, 1.807) is 38.1 Å². The molecule has 1 saturated heterocycles. The minimum atomic E-state index is -1.04. The second-order valence-corrected chi connectivity index (χ2v) is 14.8. The SMILES string of the molecule is CCN1CCN(Cc2ccc(C(=O)NC3=C4C[C@@H](C)C[C@H](OC)[C@H](O)[C@@H](C)/C=C(\C)[C@H](OC(N)=O)[C@@H](OC)/C=C\C=C(/C)C(=O)NC(=CC3=O)C4=O)cc2)CC1. The van der Waals surface area contributed by atoms with Gasteiger partial charge in [-0.15, -0.1) is 0 Å². The summed E-state index contributed by atoms with van der Waals surface area (Å²) in [5.41, 5.74) is 7.14. The highest BCUT2D eigenvalue weighted by Gasteiger charge is 2.34. The highest BCUT2D eigenvalue weighted by molar-refractivity contribution is 6.24. The molecule has 1 fully saturated rings. The molecule has 3 amide bonds. The Morgan fingerprint density at radius 1 is 1.00 bits per heavy atom. The van der Waals surface area contributed by atoms with Crippen LogP contribution in [-0.4, -0.2) is 116 Å². The van der Waals surface area contributed by atoms with E-state index in [4.69, 9.17) is 19.9 Å². The van der Waals surface area contributed by atoms with Crippen LogP contribution in [0.5, 0.6) is 0 Å². The summed E-state index contributed by atoms with van der Waals surface area (Å²) in [4.78, 5) is 71.3. The molecule has 0 spiro atoms. The van der Waals surface area contributed by atoms with Gasteiger partial charge in [-0.05, 0) is 62.4 Å². The molecule has 304 valence electrons. The summed E-state index contributed by atoms with van der Waals surface area (Å²) in [5, 5.41) is 16.7. The zero-order chi connectivity index (χ0) is 41.1. The van der Waals surface area contributed by atoms with E-state index in [0.29, 0.717) is 11.1 Å². The van der Waals surface area contributed by atoms with Crippen LogP contribution >= 0.6 is 0 Å². The lowest BCUT2D eigenvalue weighted by Gasteiger charge is -2.34. The van der Waals surface area contributed by atoms with Gasteiger partial charge in [0.15, 0.2) is 6.10 Å². The van der Waals surface area contributed by atoms with Gasteiger partial charge in [0.2, 0.25) is 11.6 Å². The molecule has 0 saturated carbocycles. The first-order valence-corrected chi connectivity index (χ1v) is 19.1. The van der Waals surface area contributed by atoms with Gasteiger partial charge in [0.05, 0.1) is 23.6 Å². The number of fused-ring (bicyclic) bond motifs is 2. The summed E-state index contributed by atoms with van der Waals surface area (Å²) >= 11 is 0. The van der Waals surface area contributed by atoms with Gasteiger partial charge in [-0.2, -0.15) is 0 Å². The smallest absolute Gasteiger partial charge is 0.405 e. The first kappa shape index (κ1) is 44.0. The predicted octanol–water partition coefficient (Wildman–Crippen LogP) is 3.33. The number of carbonyl (C=O) groups is 5. The Labute approximate surface area is 329 Å². The van der Waals surface area contributed by atoms with E-state index in [2.05, 4.69) is 27.4 Å². The third kappa shape index (κ3) is 11.6. The molecule has 14 heteroatoms. The number of ether oxygens (including phenoxy) is 3. The van der Waals surface area contributed by atoms with Gasteiger partial charge in [-0.3, -0.25) is 24.1 Å². The van der Waals surface area contributed by atoms with Gasteiger partial charge in [-0.25, -0.2) is 4.79 Å². The number of aliphatic hydroxyl groups is 1. The molecule has 6 atom stereocenters. The van der Waals surface area contributed by atoms with E-state index in [9.17, 15) is 29.1 Å². The van der Waals surface area contributed by atoms with Crippen molar-refractivity contribution in [1.82, 2.24) is 20.4 Å². The number of nitrogens with zero attached hydrogens (tertiary/aromatic N) is 2. The number of hydrogen-bond donors (Lipinski definition) is 4. The number of hydrogen-bond acceptors (Lipinski definition) is 11. The second kappa shape index (κ2) is 20.4. The zero-order valence-electron chi connectivity index (χ0n) is 33.5.